The van der Waals surface area contributed by atoms with E-state index < -0.39 is 10.0 Å². The topological polar surface area (TPSA) is 103 Å². The lowest BCUT2D eigenvalue weighted by molar-refractivity contribution is 0.102. The van der Waals surface area contributed by atoms with Crippen LogP contribution in [0.4, 0.5) is 11.4 Å². The average Bonchev–Trinajstić information content (AvgIpc) is 2.79. The highest BCUT2D eigenvalue weighted by Gasteiger charge is 2.15. The maximum atomic E-state index is 12.6. The van der Waals surface area contributed by atoms with Crippen molar-refractivity contribution in [1.82, 2.24) is 0 Å². The zero-order valence-electron chi connectivity index (χ0n) is 17.2. The second-order valence-corrected chi connectivity index (χ2v) is 8.06. The number of ether oxygens (including phenoxy) is 3. The molecule has 0 heterocycles. The van der Waals surface area contributed by atoms with E-state index in [1.54, 1.807) is 42.5 Å². The average molecular weight is 442 g/mol. The minimum Gasteiger partial charge on any atom is -0.497 e. The predicted molar refractivity (Wildman–Crippen MR) is 118 cm³/mol. The molecule has 9 heteroatoms. The molecular weight excluding hydrogens is 420 g/mol. The molecule has 31 heavy (non-hydrogen) atoms. The first-order valence-electron chi connectivity index (χ1n) is 9.16. The fraction of sp³-hybridized carbons (Fsp3) is 0.136. The summed E-state index contributed by atoms with van der Waals surface area (Å²) in [4.78, 5) is 12.6. The molecule has 0 aliphatic carbocycles. The van der Waals surface area contributed by atoms with Crippen LogP contribution in [0.3, 0.4) is 0 Å². The van der Waals surface area contributed by atoms with Gasteiger partial charge in [-0.1, -0.05) is 0 Å². The zero-order chi connectivity index (χ0) is 22.4. The van der Waals surface area contributed by atoms with Crippen LogP contribution in [-0.4, -0.2) is 35.7 Å². The number of methoxy groups -OCH3 is 3. The second-order valence-electron chi connectivity index (χ2n) is 6.38. The molecule has 162 valence electrons. The number of benzene rings is 3. The second kappa shape index (κ2) is 9.40. The summed E-state index contributed by atoms with van der Waals surface area (Å²) >= 11 is 0. The van der Waals surface area contributed by atoms with Gasteiger partial charge in [-0.15, -0.1) is 0 Å². The lowest BCUT2D eigenvalue weighted by Crippen LogP contribution is -2.14. The summed E-state index contributed by atoms with van der Waals surface area (Å²) < 4.78 is 43.1. The fourth-order valence-corrected chi connectivity index (χ4v) is 3.83. The van der Waals surface area contributed by atoms with Crippen molar-refractivity contribution in [1.29, 1.82) is 0 Å². The Morgan fingerprint density at radius 1 is 0.742 bits per heavy atom. The molecule has 0 saturated heterocycles. The van der Waals surface area contributed by atoms with Gasteiger partial charge in [0.1, 0.15) is 5.75 Å². The number of rotatable bonds is 8. The highest BCUT2D eigenvalue weighted by molar-refractivity contribution is 7.92. The standard InChI is InChI=1S/C22H22N2O6S/c1-28-18-9-5-17(6-10-18)24-31(26,27)19-11-7-16(8-12-19)23-22(25)15-4-13-20(29-2)21(14-15)30-3/h4-14,24H,1-3H3,(H,23,25). The van der Waals surface area contributed by atoms with Crippen LogP contribution in [0.1, 0.15) is 10.4 Å². The van der Waals surface area contributed by atoms with Crippen LogP contribution in [0.15, 0.2) is 71.6 Å². The molecule has 3 rings (SSSR count). The van der Waals surface area contributed by atoms with E-state index in [0.29, 0.717) is 34.2 Å². The van der Waals surface area contributed by atoms with Gasteiger partial charge in [0.05, 0.1) is 26.2 Å². The van der Waals surface area contributed by atoms with Crippen molar-refractivity contribution in [3.63, 3.8) is 0 Å². The number of carbonyl (C=O) groups is 1. The predicted octanol–water partition coefficient (Wildman–Crippen LogP) is 3.77. The van der Waals surface area contributed by atoms with Gasteiger partial charge in [0.15, 0.2) is 11.5 Å². The number of carbonyl (C=O) groups excluding carboxylic acids is 1. The molecule has 0 saturated carbocycles. The van der Waals surface area contributed by atoms with Crippen LogP contribution in [0.25, 0.3) is 0 Å². The fourth-order valence-electron chi connectivity index (χ4n) is 2.77. The first-order valence-corrected chi connectivity index (χ1v) is 10.6. The maximum Gasteiger partial charge on any atom is 0.261 e. The summed E-state index contributed by atoms with van der Waals surface area (Å²) in [6.07, 6.45) is 0. The Balaban J connectivity index is 1.71. The van der Waals surface area contributed by atoms with Gasteiger partial charge in [-0.25, -0.2) is 8.42 Å². The van der Waals surface area contributed by atoms with Gasteiger partial charge in [-0.3, -0.25) is 9.52 Å². The SMILES string of the molecule is COc1ccc(NS(=O)(=O)c2ccc(NC(=O)c3ccc(OC)c(OC)c3)cc2)cc1. The van der Waals surface area contributed by atoms with E-state index in [1.165, 1.54) is 45.6 Å². The molecule has 0 atom stereocenters. The number of sulfonamides is 1. The van der Waals surface area contributed by atoms with Gasteiger partial charge in [-0.2, -0.15) is 0 Å². The van der Waals surface area contributed by atoms with E-state index in [-0.39, 0.29) is 10.8 Å². The van der Waals surface area contributed by atoms with Gasteiger partial charge in [0, 0.05) is 16.9 Å². The molecule has 0 aromatic heterocycles. The van der Waals surface area contributed by atoms with E-state index in [2.05, 4.69) is 10.0 Å². The van der Waals surface area contributed by atoms with Crippen LogP contribution in [-0.2, 0) is 10.0 Å². The Hall–Kier alpha value is -3.72. The number of nitrogens with one attached hydrogen (secondary N) is 2. The van der Waals surface area contributed by atoms with Crippen LogP contribution in [0, 0.1) is 0 Å². The third-order valence-corrected chi connectivity index (χ3v) is 5.81. The molecule has 0 aliphatic rings. The van der Waals surface area contributed by atoms with E-state index in [1.807, 2.05) is 0 Å². The first-order chi connectivity index (χ1) is 14.9. The molecule has 3 aromatic carbocycles. The summed E-state index contributed by atoms with van der Waals surface area (Å²) in [7, 11) is 0.747. The quantitative estimate of drug-likeness (QED) is 0.551. The normalized spacial score (nSPS) is 10.8. The lowest BCUT2D eigenvalue weighted by atomic mass is 10.2. The molecule has 0 radical (unpaired) electrons. The van der Waals surface area contributed by atoms with Crippen molar-refractivity contribution in [2.45, 2.75) is 4.90 Å². The van der Waals surface area contributed by atoms with Crippen molar-refractivity contribution in [2.75, 3.05) is 31.4 Å². The van der Waals surface area contributed by atoms with E-state index >= 15 is 0 Å². The largest absolute Gasteiger partial charge is 0.497 e. The number of hydrogen-bond acceptors (Lipinski definition) is 6. The maximum absolute atomic E-state index is 12.6. The van der Waals surface area contributed by atoms with Gasteiger partial charge in [-0.05, 0) is 66.7 Å². The number of amides is 1. The molecule has 0 bridgehead atoms. The molecule has 8 nitrogen and oxygen atoms in total. The van der Waals surface area contributed by atoms with Crippen molar-refractivity contribution in [3.8, 4) is 17.2 Å². The number of anilines is 2. The summed E-state index contributed by atoms with van der Waals surface area (Å²) in [6, 6.07) is 17.2. The van der Waals surface area contributed by atoms with Crippen molar-refractivity contribution >= 4 is 27.3 Å². The summed E-state index contributed by atoms with van der Waals surface area (Å²) in [5.74, 6) is 1.20. The third-order valence-electron chi connectivity index (χ3n) is 4.41. The Labute approximate surface area is 180 Å². The lowest BCUT2D eigenvalue weighted by Gasteiger charge is -2.11. The molecule has 0 spiro atoms. The van der Waals surface area contributed by atoms with Crippen LogP contribution < -0.4 is 24.2 Å². The summed E-state index contributed by atoms with van der Waals surface area (Å²) in [5, 5.41) is 2.72. The Morgan fingerprint density at radius 3 is 1.94 bits per heavy atom. The van der Waals surface area contributed by atoms with Crippen molar-refractivity contribution in [2.24, 2.45) is 0 Å². The van der Waals surface area contributed by atoms with E-state index in [0.717, 1.165) is 0 Å². The first kappa shape index (κ1) is 22.0. The van der Waals surface area contributed by atoms with Crippen LogP contribution in [0.2, 0.25) is 0 Å². The molecule has 0 aliphatic heterocycles. The van der Waals surface area contributed by atoms with E-state index in [9.17, 15) is 13.2 Å². The molecule has 0 unspecified atom stereocenters. The summed E-state index contributed by atoms with van der Waals surface area (Å²) in [6.45, 7) is 0. The number of hydrogen-bond donors (Lipinski definition) is 2. The molecule has 1 amide bonds. The van der Waals surface area contributed by atoms with Gasteiger partial charge >= 0.3 is 0 Å². The smallest absolute Gasteiger partial charge is 0.261 e. The van der Waals surface area contributed by atoms with Gasteiger partial charge in [0.2, 0.25) is 0 Å². The molecule has 3 aromatic rings. The minimum absolute atomic E-state index is 0.0624. The minimum atomic E-state index is -3.78. The van der Waals surface area contributed by atoms with Crippen LogP contribution in [0.5, 0.6) is 17.2 Å². The molecule has 2 N–H and O–H groups in total. The molecule has 0 fully saturated rings. The Bertz CT molecular complexity index is 1160. The zero-order valence-corrected chi connectivity index (χ0v) is 18.0. The third kappa shape index (κ3) is 5.26. The van der Waals surface area contributed by atoms with Crippen molar-refractivity contribution < 1.29 is 27.4 Å². The van der Waals surface area contributed by atoms with E-state index in [4.69, 9.17) is 14.2 Å². The van der Waals surface area contributed by atoms with Crippen LogP contribution >= 0.6 is 0 Å². The summed E-state index contributed by atoms with van der Waals surface area (Å²) in [5.41, 5.74) is 1.23. The van der Waals surface area contributed by atoms with Gasteiger partial charge < -0.3 is 19.5 Å². The monoisotopic (exact) mass is 442 g/mol. The highest BCUT2D eigenvalue weighted by Crippen LogP contribution is 2.28. The Morgan fingerprint density at radius 2 is 1.35 bits per heavy atom. The molecular formula is C22H22N2O6S. The van der Waals surface area contributed by atoms with Crippen molar-refractivity contribution in [3.05, 3.63) is 72.3 Å². The Kier molecular flexibility index (Phi) is 6.66. The van der Waals surface area contributed by atoms with Gasteiger partial charge in [0.25, 0.3) is 15.9 Å². The highest BCUT2D eigenvalue weighted by atomic mass is 32.2.